The van der Waals surface area contributed by atoms with Crippen LogP contribution in [0.3, 0.4) is 0 Å². The summed E-state index contributed by atoms with van der Waals surface area (Å²) in [6.45, 7) is 1.59. The maximum atomic E-state index is 12.6. The smallest absolute Gasteiger partial charge is 0.293 e. The monoisotopic (exact) mass is 409 g/mol. The highest BCUT2D eigenvalue weighted by Crippen LogP contribution is 2.32. The molecule has 0 atom stereocenters. The van der Waals surface area contributed by atoms with Gasteiger partial charge in [0.15, 0.2) is 0 Å². The Morgan fingerprint density at radius 2 is 1.90 bits per heavy atom. The largest absolute Gasteiger partial charge is 0.366 e. The number of nitro benzene ring substituents is 1. The summed E-state index contributed by atoms with van der Waals surface area (Å²) in [6.07, 6.45) is 2.66. The van der Waals surface area contributed by atoms with Gasteiger partial charge in [-0.15, -0.1) is 10.2 Å². The molecule has 1 saturated heterocycles. The van der Waals surface area contributed by atoms with Crippen LogP contribution in [0.1, 0.15) is 33.8 Å². The van der Waals surface area contributed by atoms with Gasteiger partial charge in [-0.25, -0.2) is 0 Å². The number of anilines is 2. The van der Waals surface area contributed by atoms with E-state index >= 15 is 0 Å². The minimum atomic E-state index is -0.441. The number of nitro groups is 1. The van der Waals surface area contributed by atoms with Crippen LogP contribution in [0.5, 0.6) is 0 Å². The Morgan fingerprint density at radius 3 is 2.62 bits per heavy atom. The number of rotatable bonds is 6. The fourth-order valence-corrected chi connectivity index (χ4v) is 4.12. The molecule has 3 aromatic rings. The van der Waals surface area contributed by atoms with E-state index in [1.165, 1.54) is 17.4 Å². The van der Waals surface area contributed by atoms with Gasteiger partial charge in [-0.2, -0.15) is 0 Å². The van der Waals surface area contributed by atoms with Crippen molar-refractivity contribution in [1.29, 1.82) is 0 Å². The molecule has 0 radical (unpaired) electrons. The molecule has 0 bridgehead atoms. The van der Waals surface area contributed by atoms with Crippen molar-refractivity contribution in [3.8, 4) is 0 Å². The molecule has 29 heavy (non-hydrogen) atoms. The molecule has 4 rings (SSSR count). The molecule has 1 fully saturated rings. The van der Waals surface area contributed by atoms with Crippen LogP contribution < -0.4 is 10.2 Å². The van der Waals surface area contributed by atoms with Gasteiger partial charge in [0.2, 0.25) is 5.13 Å². The first-order chi connectivity index (χ1) is 14.1. The van der Waals surface area contributed by atoms with Gasteiger partial charge in [0.05, 0.1) is 4.92 Å². The lowest BCUT2D eigenvalue weighted by atomic mass is 10.1. The highest BCUT2D eigenvalue weighted by Gasteiger charge is 2.24. The number of benzene rings is 2. The zero-order valence-corrected chi connectivity index (χ0v) is 16.4. The van der Waals surface area contributed by atoms with Crippen LogP contribution in [-0.4, -0.2) is 34.1 Å². The third-order valence-corrected chi connectivity index (χ3v) is 5.61. The number of nitrogens with one attached hydrogen (secondary N) is 1. The Hall–Kier alpha value is -3.33. The third kappa shape index (κ3) is 4.40. The number of hydrogen-bond donors (Lipinski definition) is 1. The maximum absolute atomic E-state index is 12.6. The lowest BCUT2D eigenvalue weighted by molar-refractivity contribution is -0.384. The SMILES string of the molecule is O=C(Nc1nnc(Cc2ccccc2)s1)c1ccc(N2CCCC2)c([N+](=O)[O-])c1. The second-order valence-electron chi connectivity index (χ2n) is 6.77. The predicted molar refractivity (Wildman–Crippen MR) is 112 cm³/mol. The molecule has 148 valence electrons. The van der Waals surface area contributed by atoms with E-state index in [1.807, 2.05) is 35.2 Å². The van der Waals surface area contributed by atoms with Crippen LogP contribution in [0.4, 0.5) is 16.5 Å². The molecule has 2 aromatic carbocycles. The van der Waals surface area contributed by atoms with E-state index in [0.717, 1.165) is 36.5 Å². The minimum absolute atomic E-state index is 0.0541. The number of hydrogen-bond acceptors (Lipinski definition) is 7. The third-order valence-electron chi connectivity index (χ3n) is 4.77. The van der Waals surface area contributed by atoms with Crippen molar-refractivity contribution in [3.05, 3.63) is 74.8 Å². The quantitative estimate of drug-likeness (QED) is 0.490. The number of carbonyl (C=O) groups excluding carboxylic acids is 1. The van der Waals surface area contributed by atoms with Gasteiger partial charge in [-0.3, -0.25) is 20.2 Å². The van der Waals surface area contributed by atoms with E-state index in [2.05, 4.69) is 15.5 Å². The van der Waals surface area contributed by atoms with Crippen molar-refractivity contribution in [2.24, 2.45) is 0 Å². The average Bonchev–Trinajstić information content (AvgIpc) is 3.40. The van der Waals surface area contributed by atoms with Crippen LogP contribution in [-0.2, 0) is 6.42 Å². The zero-order valence-electron chi connectivity index (χ0n) is 15.6. The van der Waals surface area contributed by atoms with E-state index in [1.54, 1.807) is 12.1 Å². The highest BCUT2D eigenvalue weighted by molar-refractivity contribution is 7.15. The second-order valence-corrected chi connectivity index (χ2v) is 7.83. The number of amides is 1. The standard InChI is InChI=1S/C20H19N5O3S/c26-19(21-20-23-22-18(29-20)12-14-6-2-1-3-7-14)15-8-9-16(17(13-15)25(27)28)24-10-4-5-11-24/h1-3,6-9,13H,4-5,10-12H2,(H,21,23,26). The summed E-state index contributed by atoms with van der Waals surface area (Å²) in [5.41, 5.74) is 1.83. The number of nitrogens with zero attached hydrogens (tertiary/aromatic N) is 4. The molecule has 9 heteroatoms. The fourth-order valence-electron chi connectivity index (χ4n) is 3.35. The van der Waals surface area contributed by atoms with E-state index in [4.69, 9.17) is 0 Å². The van der Waals surface area contributed by atoms with Crippen molar-refractivity contribution in [1.82, 2.24) is 10.2 Å². The molecule has 8 nitrogen and oxygen atoms in total. The molecule has 1 aliphatic heterocycles. The topological polar surface area (TPSA) is 101 Å². The molecule has 0 saturated carbocycles. The molecular weight excluding hydrogens is 390 g/mol. The van der Waals surface area contributed by atoms with Crippen LogP contribution in [0.15, 0.2) is 48.5 Å². The van der Waals surface area contributed by atoms with E-state index < -0.39 is 10.8 Å². The van der Waals surface area contributed by atoms with E-state index in [0.29, 0.717) is 17.2 Å². The first-order valence-corrected chi connectivity index (χ1v) is 10.1. The molecule has 0 aliphatic carbocycles. The van der Waals surface area contributed by atoms with Crippen molar-refractivity contribution < 1.29 is 9.72 Å². The van der Waals surface area contributed by atoms with Gasteiger partial charge in [0.1, 0.15) is 10.7 Å². The van der Waals surface area contributed by atoms with Crippen LogP contribution in [0.25, 0.3) is 0 Å². The Balaban J connectivity index is 1.48. The van der Waals surface area contributed by atoms with Crippen molar-refractivity contribution >= 4 is 33.8 Å². The Labute approximate surface area is 171 Å². The number of aromatic nitrogens is 2. The van der Waals surface area contributed by atoms with Gasteiger partial charge >= 0.3 is 0 Å². The van der Waals surface area contributed by atoms with E-state index in [-0.39, 0.29) is 11.3 Å². The molecule has 1 aliphatic rings. The summed E-state index contributed by atoms with van der Waals surface area (Å²) in [4.78, 5) is 25.6. The summed E-state index contributed by atoms with van der Waals surface area (Å²) in [5.74, 6) is -0.441. The molecular formula is C20H19N5O3S. The average molecular weight is 409 g/mol. The first kappa shape index (κ1) is 19.0. The van der Waals surface area contributed by atoms with Gasteiger partial charge in [-0.05, 0) is 30.5 Å². The second kappa shape index (κ2) is 8.36. The fraction of sp³-hybridized carbons (Fsp3) is 0.250. The molecule has 1 N–H and O–H groups in total. The maximum Gasteiger partial charge on any atom is 0.293 e. The first-order valence-electron chi connectivity index (χ1n) is 9.31. The molecule has 1 aromatic heterocycles. The summed E-state index contributed by atoms with van der Waals surface area (Å²) in [7, 11) is 0. The van der Waals surface area contributed by atoms with Gasteiger partial charge < -0.3 is 4.90 Å². The molecule has 0 unspecified atom stereocenters. The van der Waals surface area contributed by atoms with Crippen molar-refractivity contribution in [3.63, 3.8) is 0 Å². The van der Waals surface area contributed by atoms with Gasteiger partial charge in [-0.1, -0.05) is 41.7 Å². The van der Waals surface area contributed by atoms with Crippen LogP contribution in [0.2, 0.25) is 0 Å². The molecule has 0 spiro atoms. The summed E-state index contributed by atoms with van der Waals surface area (Å²) in [6, 6.07) is 14.5. The summed E-state index contributed by atoms with van der Waals surface area (Å²) >= 11 is 1.29. The lowest BCUT2D eigenvalue weighted by Crippen LogP contribution is -2.19. The Kier molecular flexibility index (Phi) is 5.48. The summed E-state index contributed by atoms with van der Waals surface area (Å²) in [5, 5.41) is 23.5. The van der Waals surface area contributed by atoms with Crippen LogP contribution >= 0.6 is 11.3 Å². The Bertz CT molecular complexity index is 1030. The van der Waals surface area contributed by atoms with E-state index in [9.17, 15) is 14.9 Å². The normalized spacial score (nSPS) is 13.4. The lowest BCUT2D eigenvalue weighted by Gasteiger charge is -2.17. The van der Waals surface area contributed by atoms with Gasteiger partial charge in [0, 0.05) is 31.1 Å². The van der Waals surface area contributed by atoms with Crippen LogP contribution in [0, 0.1) is 10.1 Å². The zero-order chi connectivity index (χ0) is 20.2. The molecule has 1 amide bonds. The minimum Gasteiger partial charge on any atom is -0.366 e. The van der Waals surface area contributed by atoms with Gasteiger partial charge in [0.25, 0.3) is 11.6 Å². The number of carbonyl (C=O) groups is 1. The summed E-state index contributed by atoms with van der Waals surface area (Å²) < 4.78 is 0. The van der Waals surface area contributed by atoms with Crippen molar-refractivity contribution in [2.45, 2.75) is 19.3 Å². The highest BCUT2D eigenvalue weighted by atomic mass is 32.1. The molecule has 2 heterocycles. The predicted octanol–water partition coefficient (Wildman–Crippen LogP) is 3.89. The van der Waals surface area contributed by atoms with Crippen molar-refractivity contribution in [2.75, 3.05) is 23.3 Å². The Morgan fingerprint density at radius 1 is 1.14 bits per heavy atom.